The predicted octanol–water partition coefficient (Wildman–Crippen LogP) is 4.80. The Kier molecular flexibility index (Phi) is 5.81. The van der Waals surface area contributed by atoms with Gasteiger partial charge in [0.15, 0.2) is 11.5 Å². The predicted molar refractivity (Wildman–Crippen MR) is 111 cm³/mol. The molecule has 4 rings (SSSR count). The summed E-state index contributed by atoms with van der Waals surface area (Å²) >= 11 is 1.50. The number of benzene rings is 1. The van der Waals surface area contributed by atoms with E-state index >= 15 is 0 Å². The van der Waals surface area contributed by atoms with Crippen molar-refractivity contribution in [3.05, 3.63) is 58.6 Å². The van der Waals surface area contributed by atoms with E-state index in [0.29, 0.717) is 27.9 Å². The molecule has 1 aromatic carbocycles. The van der Waals surface area contributed by atoms with Gasteiger partial charge in [-0.25, -0.2) is 4.98 Å². The smallest absolute Gasteiger partial charge is 0.387 e. The minimum Gasteiger partial charge on any atom is -0.493 e. The van der Waals surface area contributed by atoms with E-state index in [4.69, 9.17) is 9.26 Å². The number of nitrogens with one attached hydrogen (secondary N) is 1. The molecule has 1 N–H and O–H groups in total. The highest BCUT2D eigenvalue weighted by molar-refractivity contribution is 7.13. The number of aryl methyl sites for hydroxylation is 1. The van der Waals surface area contributed by atoms with Crippen molar-refractivity contribution in [2.24, 2.45) is 0 Å². The number of alkyl halides is 2. The van der Waals surface area contributed by atoms with Gasteiger partial charge < -0.3 is 19.3 Å². The average molecular weight is 445 g/mol. The van der Waals surface area contributed by atoms with E-state index in [-0.39, 0.29) is 29.7 Å². The zero-order chi connectivity index (χ0) is 22.0. The van der Waals surface area contributed by atoms with Gasteiger partial charge in [-0.2, -0.15) is 8.78 Å². The molecule has 0 spiro atoms. The number of carbonyl (C=O) groups excluding carboxylic acids is 1. The Labute approximate surface area is 179 Å². The molecular formula is C21H17F2N3O4S. The second-order valence-corrected chi connectivity index (χ2v) is 7.47. The first-order valence-corrected chi connectivity index (χ1v) is 10.0. The number of rotatable bonds is 7. The second-order valence-electron chi connectivity index (χ2n) is 6.53. The standard InChI is InChI=1S/C21H17F2N3O4S/c1-11-18-13(9-14(17-4-3-7-31-17)25-20(18)30-26-11)19(27)24-10-12-5-6-15(29-21(22)23)16(8-12)28-2/h3-9,21H,10H2,1-2H3,(H,24,27). The van der Waals surface area contributed by atoms with Gasteiger partial charge >= 0.3 is 6.61 Å². The highest BCUT2D eigenvalue weighted by Crippen LogP contribution is 2.31. The molecule has 0 aliphatic carbocycles. The number of aromatic nitrogens is 2. The maximum Gasteiger partial charge on any atom is 0.387 e. The summed E-state index contributed by atoms with van der Waals surface area (Å²) in [5.74, 6) is -0.277. The van der Waals surface area contributed by atoms with Gasteiger partial charge in [0.1, 0.15) is 0 Å². The molecule has 0 aliphatic heterocycles. The number of halogens is 2. The Morgan fingerprint density at radius 1 is 1.26 bits per heavy atom. The zero-order valence-corrected chi connectivity index (χ0v) is 17.3. The van der Waals surface area contributed by atoms with Crippen LogP contribution in [-0.2, 0) is 6.54 Å². The molecule has 3 aromatic heterocycles. The Bertz CT molecular complexity index is 1230. The summed E-state index contributed by atoms with van der Waals surface area (Å²) < 4.78 is 39.8. The number of hydrogen-bond donors (Lipinski definition) is 1. The van der Waals surface area contributed by atoms with E-state index in [1.165, 1.54) is 30.6 Å². The minimum absolute atomic E-state index is 0.0795. The van der Waals surface area contributed by atoms with Crippen LogP contribution in [0.1, 0.15) is 21.6 Å². The van der Waals surface area contributed by atoms with Crippen molar-refractivity contribution in [1.29, 1.82) is 0 Å². The average Bonchev–Trinajstić information content (AvgIpc) is 3.42. The molecule has 0 bridgehead atoms. The first-order chi connectivity index (χ1) is 15.0. The van der Waals surface area contributed by atoms with Crippen LogP contribution in [0.25, 0.3) is 21.7 Å². The van der Waals surface area contributed by atoms with Crippen molar-refractivity contribution in [2.75, 3.05) is 7.11 Å². The maximum absolute atomic E-state index is 13.0. The molecule has 0 fully saturated rings. The molecule has 0 aliphatic rings. The molecule has 0 saturated carbocycles. The largest absolute Gasteiger partial charge is 0.493 e. The fourth-order valence-electron chi connectivity index (χ4n) is 3.12. The van der Waals surface area contributed by atoms with Crippen molar-refractivity contribution in [2.45, 2.75) is 20.1 Å². The zero-order valence-electron chi connectivity index (χ0n) is 16.5. The Balaban J connectivity index is 1.60. The third-order valence-electron chi connectivity index (χ3n) is 4.53. The van der Waals surface area contributed by atoms with Crippen molar-refractivity contribution >= 4 is 28.3 Å². The van der Waals surface area contributed by atoms with Gasteiger partial charge in [0.2, 0.25) is 0 Å². The van der Waals surface area contributed by atoms with Crippen LogP contribution >= 0.6 is 11.3 Å². The van der Waals surface area contributed by atoms with Crippen LogP contribution in [0.5, 0.6) is 11.5 Å². The van der Waals surface area contributed by atoms with Gasteiger partial charge in [0, 0.05) is 6.54 Å². The summed E-state index contributed by atoms with van der Waals surface area (Å²) in [5, 5.41) is 9.22. The van der Waals surface area contributed by atoms with Gasteiger partial charge in [0.05, 0.1) is 34.3 Å². The summed E-state index contributed by atoms with van der Waals surface area (Å²) in [6, 6.07) is 9.97. The number of thiophene rings is 1. The number of ether oxygens (including phenoxy) is 2. The molecule has 1 amide bonds. The van der Waals surface area contributed by atoms with Crippen molar-refractivity contribution in [3.8, 4) is 22.1 Å². The molecule has 7 nitrogen and oxygen atoms in total. The van der Waals surface area contributed by atoms with Crippen LogP contribution < -0.4 is 14.8 Å². The monoisotopic (exact) mass is 445 g/mol. The lowest BCUT2D eigenvalue weighted by atomic mass is 10.1. The molecule has 0 atom stereocenters. The number of pyridine rings is 1. The van der Waals surface area contributed by atoms with Crippen LogP contribution in [-0.4, -0.2) is 29.8 Å². The van der Waals surface area contributed by atoms with Crippen LogP contribution in [0.4, 0.5) is 8.78 Å². The highest BCUT2D eigenvalue weighted by Gasteiger charge is 2.20. The van der Waals surface area contributed by atoms with E-state index in [2.05, 4.69) is 20.2 Å². The summed E-state index contributed by atoms with van der Waals surface area (Å²) in [7, 11) is 1.35. The normalized spacial score (nSPS) is 11.1. The molecule has 10 heteroatoms. The van der Waals surface area contributed by atoms with E-state index in [0.717, 1.165) is 4.88 Å². The second kappa shape index (κ2) is 8.68. The summed E-state index contributed by atoms with van der Waals surface area (Å²) in [4.78, 5) is 18.4. The number of amides is 1. The number of fused-ring (bicyclic) bond motifs is 1. The minimum atomic E-state index is -2.96. The lowest BCUT2D eigenvalue weighted by Gasteiger charge is -2.12. The van der Waals surface area contributed by atoms with E-state index in [1.54, 1.807) is 19.1 Å². The number of carbonyl (C=O) groups is 1. The van der Waals surface area contributed by atoms with E-state index in [1.807, 2.05) is 17.5 Å². The Morgan fingerprint density at radius 3 is 2.81 bits per heavy atom. The molecular weight excluding hydrogens is 428 g/mol. The van der Waals surface area contributed by atoms with Crippen LogP contribution in [0, 0.1) is 6.92 Å². The third-order valence-corrected chi connectivity index (χ3v) is 5.42. The number of methoxy groups -OCH3 is 1. The lowest BCUT2D eigenvalue weighted by Crippen LogP contribution is -2.23. The maximum atomic E-state index is 13.0. The first kappa shape index (κ1) is 20.7. The van der Waals surface area contributed by atoms with Crippen molar-refractivity contribution in [3.63, 3.8) is 0 Å². The molecule has 3 heterocycles. The van der Waals surface area contributed by atoms with E-state index in [9.17, 15) is 13.6 Å². The van der Waals surface area contributed by atoms with Gasteiger partial charge in [-0.1, -0.05) is 17.3 Å². The van der Waals surface area contributed by atoms with Gasteiger partial charge in [-0.05, 0) is 42.1 Å². The first-order valence-electron chi connectivity index (χ1n) is 9.17. The third kappa shape index (κ3) is 4.33. The quantitative estimate of drug-likeness (QED) is 0.440. The van der Waals surface area contributed by atoms with E-state index < -0.39 is 6.61 Å². The summed E-state index contributed by atoms with van der Waals surface area (Å²) in [5.41, 5.74) is 2.48. The summed E-state index contributed by atoms with van der Waals surface area (Å²) in [6.45, 7) is -1.08. The lowest BCUT2D eigenvalue weighted by molar-refractivity contribution is -0.0512. The van der Waals surface area contributed by atoms with Gasteiger partial charge in [-0.3, -0.25) is 4.79 Å². The molecule has 0 radical (unpaired) electrons. The molecule has 4 aromatic rings. The molecule has 160 valence electrons. The van der Waals surface area contributed by atoms with Crippen molar-refractivity contribution < 1.29 is 27.6 Å². The fourth-order valence-corrected chi connectivity index (χ4v) is 3.80. The number of hydrogen-bond acceptors (Lipinski definition) is 7. The number of nitrogens with zero attached hydrogens (tertiary/aromatic N) is 2. The van der Waals surface area contributed by atoms with Crippen LogP contribution in [0.3, 0.4) is 0 Å². The molecule has 0 unspecified atom stereocenters. The topological polar surface area (TPSA) is 86.5 Å². The SMILES string of the molecule is COc1cc(CNC(=O)c2cc(-c3cccs3)nc3onc(C)c23)ccc1OC(F)F. The van der Waals surface area contributed by atoms with Crippen LogP contribution in [0.15, 0.2) is 46.3 Å². The molecule has 0 saturated heterocycles. The molecule has 31 heavy (non-hydrogen) atoms. The van der Waals surface area contributed by atoms with Crippen molar-refractivity contribution in [1.82, 2.24) is 15.5 Å². The van der Waals surface area contributed by atoms with Gasteiger partial charge in [0.25, 0.3) is 11.6 Å². The fraction of sp³-hybridized carbons (Fsp3) is 0.190. The Hall–Kier alpha value is -3.53. The highest BCUT2D eigenvalue weighted by atomic mass is 32.1. The summed E-state index contributed by atoms with van der Waals surface area (Å²) in [6.07, 6.45) is 0. The Morgan fingerprint density at radius 2 is 2.10 bits per heavy atom. The van der Waals surface area contributed by atoms with Gasteiger partial charge in [-0.15, -0.1) is 11.3 Å². The van der Waals surface area contributed by atoms with Crippen LogP contribution in [0.2, 0.25) is 0 Å².